The molecule has 2 aromatic heterocycles. The lowest BCUT2D eigenvalue weighted by molar-refractivity contribution is 0.965. The fourth-order valence-corrected chi connectivity index (χ4v) is 3.50. The average Bonchev–Trinajstić information content (AvgIpc) is 3.18. The number of hydrazone groups is 1. The first-order chi connectivity index (χ1) is 13.0. The predicted molar refractivity (Wildman–Crippen MR) is 113 cm³/mol. The van der Waals surface area contributed by atoms with Crippen molar-refractivity contribution in [3.8, 4) is 5.69 Å². The molecule has 0 aliphatic heterocycles. The van der Waals surface area contributed by atoms with E-state index < -0.39 is 0 Å². The molecule has 0 bridgehead atoms. The Labute approximate surface area is 166 Å². The Morgan fingerprint density at radius 1 is 1.11 bits per heavy atom. The number of hydrogen-bond acceptors (Lipinski definition) is 3. The zero-order valence-corrected chi connectivity index (χ0v) is 16.3. The first-order valence-electron chi connectivity index (χ1n) is 8.42. The molecule has 0 atom stereocenters. The van der Waals surface area contributed by atoms with Gasteiger partial charge in [0.25, 0.3) is 0 Å². The molecule has 0 radical (unpaired) electrons. The van der Waals surface area contributed by atoms with Crippen molar-refractivity contribution in [1.29, 1.82) is 0 Å². The van der Waals surface area contributed by atoms with Crippen LogP contribution < -0.4 is 5.43 Å². The minimum Gasteiger partial charge on any atom is -0.323 e. The third kappa shape index (κ3) is 3.31. The van der Waals surface area contributed by atoms with Gasteiger partial charge in [-0.1, -0.05) is 41.4 Å². The lowest BCUT2D eigenvalue weighted by Crippen LogP contribution is -2.01. The lowest BCUT2D eigenvalue weighted by atomic mass is 10.2. The summed E-state index contributed by atoms with van der Waals surface area (Å²) in [6.45, 7) is 4.04. The molecule has 27 heavy (non-hydrogen) atoms. The van der Waals surface area contributed by atoms with Gasteiger partial charge in [0.1, 0.15) is 0 Å². The van der Waals surface area contributed by atoms with Gasteiger partial charge in [-0.05, 0) is 44.2 Å². The Bertz CT molecular complexity index is 1120. The number of anilines is 1. The number of fused-ring (bicyclic) bond motifs is 1. The molecule has 0 spiro atoms. The second-order valence-corrected chi connectivity index (χ2v) is 6.99. The first kappa shape index (κ1) is 17.6. The summed E-state index contributed by atoms with van der Waals surface area (Å²) in [5.41, 5.74) is 8.69. The highest BCUT2D eigenvalue weighted by Gasteiger charge is 2.13. The second kappa shape index (κ2) is 7.10. The zero-order chi connectivity index (χ0) is 19.0. The number of aromatic amines is 1. The monoisotopic (exact) mass is 397 g/mol. The highest BCUT2D eigenvalue weighted by molar-refractivity contribution is 6.43. The van der Waals surface area contributed by atoms with E-state index in [1.165, 1.54) is 0 Å². The third-order valence-corrected chi connectivity index (χ3v) is 5.21. The largest absolute Gasteiger partial charge is 0.323 e. The third-order valence-electron chi connectivity index (χ3n) is 4.41. The van der Waals surface area contributed by atoms with Crippen LogP contribution in [0.1, 0.15) is 17.0 Å². The Balaban J connectivity index is 1.61. The van der Waals surface area contributed by atoms with Crippen molar-refractivity contribution in [3.05, 3.63) is 75.5 Å². The number of nitrogens with one attached hydrogen (secondary N) is 2. The highest BCUT2D eigenvalue weighted by atomic mass is 35.5. The normalized spacial score (nSPS) is 11.6. The van der Waals surface area contributed by atoms with Gasteiger partial charge < -0.3 is 9.55 Å². The van der Waals surface area contributed by atoms with Crippen molar-refractivity contribution < 1.29 is 0 Å². The van der Waals surface area contributed by atoms with Crippen LogP contribution in [-0.2, 0) is 0 Å². The van der Waals surface area contributed by atoms with Gasteiger partial charge in [0.2, 0.25) is 5.95 Å². The second-order valence-electron chi connectivity index (χ2n) is 6.21. The summed E-state index contributed by atoms with van der Waals surface area (Å²) in [6.07, 6.45) is 1.77. The van der Waals surface area contributed by atoms with Gasteiger partial charge in [0.15, 0.2) is 0 Å². The van der Waals surface area contributed by atoms with Crippen molar-refractivity contribution in [2.45, 2.75) is 13.8 Å². The maximum Gasteiger partial charge on any atom is 0.222 e. The van der Waals surface area contributed by atoms with Crippen LogP contribution in [0.2, 0.25) is 10.0 Å². The number of H-pyrrole nitrogens is 1. The standard InChI is InChI=1S/C20H17Cl2N5/c1-12-10-14(13(2)27(12)18-9-5-6-15(21)19(18)22)11-23-26-20-24-16-7-3-4-8-17(16)25-20/h3-11H,1-2H3,(H2,24,25,26)/b23-11-. The van der Waals surface area contributed by atoms with Crippen LogP contribution in [-0.4, -0.2) is 20.7 Å². The molecule has 0 fully saturated rings. The summed E-state index contributed by atoms with van der Waals surface area (Å²) in [7, 11) is 0. The van der Waals surface area contributed by atoms with Crippen LogP contribution in [0, 0.1) is 13.8 Å². The van der Waals surface area contributed by atoms with Gasteiger partial charge in [-0.15, -0.1) is 0 Å². The summed E-state index contributed by atoms with van der Waals surface area (Å²) >= 11 is 12.6. The number of benzene rings is 2. The minimum atomic E-state index is 0.531. The van der Waals surface area contributed by atoms with Crippen LogP contribution in [0.25, 0.3) is 16.7 Å². The number of imidazole rings is 1. The fourth-order valence-electron chi connectivity index (χ4n) is 3.12. The molecule has 0 unspecified atom stereocenters. The summed E-state index contributed by atoms with van der Waals surface area (Å²) < 4.78 is 2.07. The van der Waals surface area contributed by atoms with E-state index in [1.54, 1.807) is 12.3 Å². The maximum absolute atomic E-state index is 6.39. The van der Waals surface area contributed by atoms with Crippen LogP contribution in [0.5, 0.6) is 0 Å². The molecule has 0 aliphatic rings. The molecule has 2 N–H and O–H groups in total. The van der Waals surface area contributed by atoms with Crippen molar-refractivity contribution in [2.24, 2.45) is 5.10 Å². The van der Waals surface area contributed by atoms with Crippen molar-refractivity contribution in [3.63, 3.8) is 0 Å². The van der Waals surface area contributed by atoms with Crippen LogP contribution in [0.4, 0.5) is 5.95 Å². The summed E-state index contributed by atoms with van der Waals surface area (Å²) in [5, 5.41) is 5.38. The van der Waals surface area contributed by atoms with Crippen LogP contribution in [0.15, 0.2) is 53.6 Å². The van der Waals surface area contributed by atoms with Crippen molar-refractivity contribution in [1.82, 2.24) is 14.5 Å². The molecular formula is C20H17Cl2N5. The van der Waals surface area contributed by atoms with E-state index in [0.29, 0.717) is 16.0 Å². The fraction of sp³-hybridized carbons (Fsp3) is 0.100. The summed E-state index contributed by atoms with van der Waals surface area (Å²) in [4.78, 5) is 7.62. The van der Waals surface area contributed by atoms with E-state index in [0.717, 1.165) is 33.7 Å². The van der Waals surface area contributed by atoms with Gasteiger partial charge in [-0.3, -0.25) is 0 Å². The van der Waals surface area contributed by atoms with Gasteiger partial charge >= 0.3 is 0 Å². The lowest BCUT2D eigenvalue weighted by Gasteiger charge is -2.12. The van der Waals surface area contributed by atoms with Crippen molar-refractivity contribution in [2.75, 3.05) is 5.43 Å². The van der Waals surface area contributed by atoms with E-state index in [9.17, 15) is 0 Å². The van der Waals surface area contributed by atoms with E-state index in [2.05, 4.69) is 31.1 Å². The van der Waals surface area contributed by atoms with Crippen LogP contribution in [0.3, 0.4) is 0 Å². The Hall–Kier alpha value is -2.76. The van der Waals surface area contributed by atoms with Gasteiger partial charge in [0, 0.05) is 17.0 Å². The molecule has 136 valence electrons. The van der Waals surface area contributed by atoms with Crippen molar-refractivity contribution >= 4 is 46.4 Å². The zero-order valence-electron chi connectivity index (χ0n) is 14.8. The molecule has 0 amide bonds. The Kier molecular flexibility index (Phi) is 4.64. The van der Waals surface area contributed by atoms with E-state index in [-0.39, 0.29) is 0 Å². The van der Waals surface area contributed by atoms with Crippen LogP contribution >= 0.6 is 23.2 Å². The molecule has 0 saturated heterocycles. The topological polar surface area (TPSA) is 58.0 Å². The highest BCUT2D eigenvalue weighted by Crippen LogP contribution is 2.31. The molecule has 0 saturated carbocycles. The average molecular weight is 398 g/mol. The predicted octanol–water partition coefficient (Wildman–Crippen LogP) is 5.72. The number of aromatic nitrogens is 3. The molecule has 5 nitrogen and oxygen atoms in total. The molecular weight excluding hydrogens is 381 g/mol. The number of para-hydroxylation sites is 2. The van der Waals surface area contributed by atoms with Gasteiger partial charge in [-0.2, -0.15) is 5.10 Å². The first-order valence-corrected chi connectivity index (χ1v) is 9.17. The molecule has 7 heteroatoms. The SMILES string of the molecule is Cc1cc(/C=N\Nc2nc3ccccc3[nH]2)c(C)n1-c1cccc(Cl)c1Cl. The number of nitrogens with zero attached hydrogens (tertiary/aromatic N) is 3. The van der Waals surface area contributed by atoms with E-state index in [4.69, 9.17) is 23.2 Å². The smallest absolute Gasteiger partial charge is 0.222 e. The molecule has 0 aliphatic carbocycles. The number of hydrogen-bond donors (Lipinski definition) is 2. The van der Waals surface area contributed by atoms with Gasteiger partial charge in [-0.25, -0.2) is 10.4 Å². The Morgan fingerprint density at radius 3 is 2.74 bits per heavy atom. The molecule has 4 rings (SSSR count). The van der Waals surface area contributed by atoms with E-state index in [1.807, 2.05) is 50.2 Å². The number of aryl methyl sites for hydroxylation is 1. The summed E-state index contributed by atoms with van der Waals surface area (Å²) in [6, 6.07) is 15.5. The van der Waals surface area contributed by atoms with Gasteiger partial charge in [0.05, 0.1) is 33.0 Å². The molecule has 2 aromatic carbocycles. The Morgan fingerprint density at radius 2 is 1.93 bits per heavy atom. The quantitative estimate of drug-likeness (QED) is 0.341. The number of halogens is 2. The van der Waals surface area contributed by atoms with E-state index >= 15 is 0 Å². The minimum absolute atomic E-state index is 0.531. The molecule has 2 heterocycles. The number of rotatable bonds is 4. The molecule has 4 aromatic rings. The maximum atomic E-state index is 6.39. The summed E-state index contributed by atoms with van der Waals surface area (Å²) in [5.74, 6) is 0.596.